The molecule has 3 atom stereocenters. The van der Waals surface area contributed by atoms with Gasteiger partial charge < -0.3 is 19.7 Å². The van der Waals surface area contributed by atoms with Gasteiger partial charge in [-0.2, -0.15) is 0 Å². The molecule has 2 N–H and O–H groups in total. The molecule has 1 aliphatic carbocycles. The molecule has 0 aromatic rings. The van der Waals surface area contributed by atoms with Gasteiger partial charge in [0.1, 0.15) is 0 Å². The molecule has 20 heavy (non-hydrogen) atoms. The number of hydrogen-bond acceptors (Lipinski definition) is 5. The van der Waals surface area contributed by atoms with Crippen molar-refractivity contribution in [2.45, 2.75) is 69.0 Å². The predicted molar refractivity (Wildman–Crippen MR) is 74.6 cm³/mol. The Morgan fingerprint density at radius 3 is 2.65 bits per heavy atom. The summed E-state index contributed by atoms with van der Waals surface area (Å²) in [6.45, 7) is 6.71. The molecule has 0 aromatic carbocycles. The third-order valence-corrected chi connectivity index (χ3v) is 5.02. The SMILES string of the molecule is CC1(C)CN(CC(O)C2(O)CCCC2)[C@@H]2COC[C@H]2O1. The third-order valence-electron chi connectivity index (χ3n) is 5.02. The van der Waals surface area contributed by atoms with Crippen molar-refractivity contribution in [2.24, 2.45) is 0 Å². The van der Waals surface area contributed by atoms with Crippen LogP contribution in [0.1, 0.15) is 39.5 Å². The van der Waals surface area contributed by atoms with E-state index in [0.29, 0.717) is 32.6 Å². The minimum atomic E-state index is -0.891. The first-order valence-electron chi connectivity index (χ1n) is 7.80. The number of fused-ring (bicyclic) bond motifs is 1. The van der Waals surface area contributed by atoms with Gasteiger partial charge in [0, 0.05) is 13.1 Å². The summed E-state index contributed by atoms with van der Waals surface area (Å²) in [6.07, 6.45) is 2.86. The van der Waals surface area contributed by atoms with Crippen molar-refractivity contribution in [3.8, 4) is 0 Å². The Labute approximate surface area is 120 Å². The molecule has 5 nitrogen and oxygen atoms in total. The fourth-order valence-corrected chi connectivity index (χ4v) is 3.94. The smallest absolute Gasteiger partial charge is 0.0993 e. The maximum Gasteiger partial charge on any atom is 0.0993 e. The lowest BCUT2D eigenvalue weighted by Gasteiger charge is -2.46. The standard InChI is InChI=1S/C15H27NO4/c1-14(2)10-16(11-8-19-9-12(11)20-14)7-13(17)15(18)5-3-4-6-15/h11-13,17-18H,3-10H2,1-2H3/t11-,12-,13?/m1/s1. The van der Waals surface area contributed by atoms with E-state index in [1.165, 1.54) is 0 Å². The number of hydrogen-bond donors (Lipinski definition) is 2. The summed E-state index contributed by atoms with van der Waals surface area (Å²) in [6, 6.07) is 0.211. The lowest BCUT2D eigenvalue weighted by molar-refractivity contribution is -0.164. The molecular weight excluding hydrogens is 258 g/mol. The van der Waals surface area contributed by atoms with E-state index in [9.17, 15) is 10.2 Å². The van der Waals surface area contributed by atoms with E-state index in [-0.39, 0.29) is 17.7 Å². The summed E-state index contributed by atoms with van der Waals surface area (Å²) in [5.74, 6) is 0. The molecule has 5 heteroatoms. The molecule has 2 heterocycles. The normalized spacial score (nSPS) is 37.8. The first kappa shape index (κ1) is 14.7. The highest BCUT2D eigenvalue weighted by Gasteiger charge is 2.47. The minimum absolute atomic E-state index is 0.0872. The van der Waals surface area contributed by atoms with E-state index in [0.717, 1.165) is 19.4 Å². The average Bonchev–Trinajstić information content (AvgIpc) is 2.97. The molecule has 3 aliphatic rings. The van der Waals surface area contributed by atoms with Crippen LogP contribution in [-0.4, -0.2) is 70.9 Å². The third kappa shape index (κ3) is 2.74. The average molecular weight is 285 g/mol. The van der Waals surface area contributed by atoms with Gasteiger partial charge in [0.25, 0.3) is 0 Å². The molecule has 2 saturated heterocycles. The van der Waals surface area contributed by atoms with Gasteiger partial charge in [0.15, 0.2) is 0 Å². The second kappa shape index (κ2) is 5.21. The summed E-state index contributed by atoms with van der Waals surface area (Å²) < 4.78 is 11.6. The summed E-state index contributed by atoms with van der Waals surface area (Å²) in [5, 5.41) is 21.0. The van der Waals surface area contributed by atoms with Crippen LogP contribution in [0.25, 0.3) is 0 Å². The zero-order valence-electron chi connectivity index (χ0n) is 12.5. The van der Waals surface area contributed by atoms with Crippen molar-refractivity contribution in [2.75, 3.05) is 26.3 Å². The Kier molecular flexibility index (Phi) is 3.84. The Morgan fingerprint density at radius 2 is 1.95 bits per heavy atom. The molecule has 0 aromatic heterocycles. The second-order valence-corrected chi connectivity index (χ2v) is 7.28. The van der Waals surface area contributed by atoms with E-state index < -0.39 is 11.7 Å². The molecular formula is C15H27NO4. The molecule has 1 unspecified atom stereocenters. The van der Waals surface area contributed by atoms with Crippen molar-refractivity contribution < 1.29 is 19.7 Å². The molecule has 1 saturated carbocycles. The quantitative estimate of drug-likeness (QED) is 0.792. The number of ether oxygens (including phenoxy) is 2. The molecule has 2 aliphatic heterocycles. The number of β-amino-alcohol motifs (C(OH)–C–C–N with tert-alkyl or cyclic N) is 1. The first-order chi connectivity index (χ1) is 9.40. The van der Waals surface area contributed by atoms with Crippen LogP contribution in [0.15, 0.2) is 0 Å². The van der Waals surface area contributed by atoms with Gasteiger partial charge in [-0.25, -0.2) is 0 Å². The van der Waals surface area contributed by atoms with Crippen molar-refractivity contribution in [3.63, 3.8) is 0 Å². The van der Waals surface area contributed by atoms with Crippen molar-refractivity contribution in [3.05, 3.63) is 0 Å². The van der Waals surface area contributed by atoms with E-state index >= 15 is 0 Å². The van der Waals surface area contributed by atoms with Crippen LogP contribution in [0.3, 0.4) is 0 Å². The van der Waals surface area contributed by atoms with Crippen LogP contribution in [0.5, 0.6) is 0 Å². The van der Waals surface area contributed by atoms with E-state index in [2.05, 4.69) is 18.7 Å². The van der Waals surface area contributed by atoms with Gasteiger partial charge in [-0.05, 0) is 26.7 Å². The zero-order chi connectivity index (χ0) is 14.4. The fourth-order valence-electron chi connectivity index (χ4n) is 3.94. The summed E-state index contributed by atoms with van der Waals surface area (Å²) in [7, 11) is 0. The first-order valence-corrected chi connectivity index (χ1v) is 7.80. The molecule has 3 rings (SSSR count). The largest absolute Gasteiger partial charge is 0.389 e. The van der Waals surface area contributed by atoms with Crippen molar-refractivity contribution in [1.82, 2.24) is 4.90 Å². The van der Waals surface area contributed by atoms with E-state index in [1.807, 2.05) is 0 Å². The van der Waals surface area contributed by atoms with Gasteiger partial charge in [-0.15, -0.1) is 0 Å². The van der Waals surface area contributed by atoms with E-state index in [4.69, 9.17) is 9.47 Å². The number of rotatable bonds is 3. The topological polar surface area (TPSA) is 62.2 Å². The van der Waals surface area contributed by atoms with Crippen LogP contribution in [-0.2, 0) is 9.47 Å². The van der Waals surface area contributed by atoms with Gasteiger partial charge in [0.05, 0.1) is 42.7 Å². The summed E-state index contributed by atoms with van der Waals surface area (Å²) in [4.78, 5) is 2.25. The lowest BCUT2D eigenvalue weighted by Crippen LogP contribution is -2.61. The van der Waals surface area contributed by atoms with Crippen molar-refractivity contribution in [1.29, 1.82) is 0 Å². The number of morpholine rings is 1. The van der Waals surface area contributed by atoms with Crippen LogP contribution in [0, 0.1) is 0 Å². The van der Waals surface area contributed by atoms with Gasteiger partial charge in [0.2, 0.25) is 0 Å². The van der Waals surface area contributed by atoms with Crippen LogP contribution < -0.4 is 0 Å². The van der Waals surface area contributed by atoms with Crippen LogP contribution in [0.4, 0.5) is 0 Å². The molecule has 0 amide bonds. The van der Waals surface area contributed by atoms with Gasteiger partial charge >= 0.3 is 0 Å². The summed E-state index contributed by atoms with van der Waals surface area (Å²) >= 11 is 0. The lowest BCUT2D eigenvalue weighted by atomic mass is 9.92. The zero-order valence-corrected chi connectivity index (χ0v) is 12.5. The highest BCUT2D eigenvalue weighted by Crippen LogP contribution is 2.35. The maximum atomic E-state index is 10.5. The van der Waals surface area contributed by atoms with Crippen LogP contribution in [0.2, 0.25) is 0 Å². The van der Waals surface area contributed by atoms with Crippen molar-refractivity contribution >= 4 is 0 Å². The van der Waals surface area contributed by atoms with Gasteiger partial charge in [-0.3, -0.25) is 4.90 Å². The summed E-state index contributed by atoms with van der Waals surface area (Å²) in [5.41, 5.74) is -1.12. The molecule has 0 spiro atoms. The Hall–Kier alpha value is -0.200. The second-order valence-electron chi connectivity index (χ2n) is 7.28. The highest BCUT2D eigenvalue weighted by atomic mass is 16.6. The van der Waals surface area contributed by atoms with E-state index in [1.54, 1.807) is 0 Å². The molecule has 116 valence electrons. The molecule has 0 bridgehead atoms. The maximum absolute atomic E-state index is 10.5. The fraction of sp³-hybridized carbons (Fsp3) is 1.00. The number of nitrogens with zero attached hydrogens (tertiary/aromatic N) is 1. The number of aliphatic hydroxyl groups is 2. The Balaban J connectivity index is 1.68. The minimum Gasteiger partial charge on any atom is -0.389 e. The number of aliphatic hydroxyl groups excluding tert-OH is 1. The van der Waals surface area contributed by atoms with Gasteiger partial charge in [-0.1, -0.05) is 12.8 Å². The predicted octanol–water partition coefficient (Wildman–Crippen LogP) is 0.531. The monoisotopic (exact) mass is 285 g/mol. The molecule has 3 fully saturated rings. The Morgan fingerprint density at radius 1 is 1.25 bits per heavy atom. The highest BCUT2D eigenvalue weighted by molar-refractivity contribution is 4.98. The van der Waals surface area contributed by atoms with Crippen LogP contribution >= 0.6 is 0 Å². The molecule has 0 radical (unpaired) electrons. The Bertz CT molecular complexity index is 354.